The van der Waals surface area contributed by atoms with E-state index in [0.717, 1.165) is 21.2 Å². The van der Waals surface area contributed by atoms with Crippen LogP contribution in [0.1, 0.15) is 29.7 Å². The molecule has 0 heterocycles. The minimum absolute atomic E-state index is 0.142. The molecule has 0 radical (unpaired) electrons. The monoisotopic (exact) mass is 243 g/mol. The molecule has 0 unspecified atom stereocenters. The largest absolute Gasteiger partial charge is 0.508 e. The van der Waals surface area contributed by atoms with Crippen molar-refractivity contribution in [3.63, 3.8) is 0 Å². The van der Waals surface area contributed by atoms with Crippen LogP contribution in [-0.2, 0) is 0 Å². The molecule has 0 saturated carbocycles. The Kier molecular flexibility index (Phi) is 2.98. The van der Waals surface area contributed by atoms with Gasteiger partial charge < -0.3 is 10.8 Å². The number of halogens is 1. The SMILES string of the molecule is Cc1cc(O)c([C@H](C)N)c(C)c1Br. The molecule has 0 aromatic heterocycles. The zero-order valence-electron chi connectivity index (χ0n) is 8.06. The third-order valence-electron chi connectivity index (χ3n) is 2.16. The normalized spacial score (nSPS) is 13.0. The van der Waals surface area contributed by atoms with Gasteiger partial charge in [0.25, 0.3) is 0 Å². The second-order valence-corrected chi connectivity index (χ2v) is 4.15. The van der Waals surface area contributed by atoms with E-state index in [1.165, 1.54) is 0 Å². The standard InChI is InChI=1S/C10H14BrNO/c1-5-4-8(13)9(7(3)12)6(2)10(5)11/h4,7,13H,12H2,1-3H3/t7-/m0/s1. The maximum absolute atomic E-state index is 9.67. The van der Waals surface area contributed by atoms with Crippen LogP contribution in [-0.4, -0.2) is 5.11 Å². The Bertz CT molecular complexity index is 334. The molecule has 1 aromatic carbocycles. The summed E-state index contributed by atoms with van der Waals surface area (Å²) in [5, 5.41) is 9.67. The number of aryl methyl sites for hydroxylation is 1. The molecule has 3 heteroatoms. The van der Waals surface area contributed by atoms with Gasteiger partial charge in [0.05, 0.1) is 0 Å². The van der Waals surface area contributed by atoms with Gasteiger partial charge in [0.2, 0.25) is 0 Å². The van der Waals surface area contributed by atoms with Gasteiger partial charge >= 0.3 is 0 Å². The van der Waals surface area contributed by atoms with Crippen LogP contribution in [0, 0.1) is 13.8 Å². The molecule has 0 fully saturated rings. The Morgan fingerprint density at radius 2 is 2.00 bits per heavy atom. The van der Waals surface area contributed by atoms with E-state index in [-0.39, 0.29) is 11.8 Å². The van der Waals surface area contributed by atoms with E-state index in [1.807, 2.05) is 20.8 Å². The topological polar surface area (TPSA) is 46.2 Å². The zero-order chi connectivity index (χ0) is 10.2. The molecular weight excluding hydrogens is 230 g/mol. The lowest BCUT2D eigenvalue weighted by Crippen LogP contribution is -2.08. The fourth-order valence-corrected chi connectivity index (χ4v) is 1.86. The Morgan fingerprint density at radius 3 is 2.46 bits per heavy atom. The van der Waals surface area contributed by atoms with Crippen molar-refractivity contribution >= 4 is 15.9 Å². The molecule has 0 saturated heterocycles. The molecule has 1 atom stereocenters. The molecule has 0 aliphatic carbocycles. The van der Waals surface area contributed by atoms with E-state index < -0.39 is 0 Å². The minimum atomic E-state index is -0.142. The third kappa shape index (κ3) is 1.86. The predicted octanol–water partition coefficient (Wildman–Crippen LogP) is 2.79. The fraction of sp³-hybridized carbons (Fsp3) is 0.400. The molecule has 1 rings (SSSR count). The Morgan fingerprint density at radius 1 is 1.46 bits per heavy atom. The summed E-state index contributed by atoms with van der Waals surface area (Å²) in [4.78, 5) is 0. The summed E-state index contributed by atoms with van der Waals surface area (Å²) >= 11 is 3.47. The number of benzene rings is 1. The van der Waals surface area contributed by atoms with Crippen molar-refractivity contribution in [2.45, 2.75) is 26.8 Å². The molecule has 0 bridgehead atoms. The molecule has 1 aromatic rings. The number of rotatable bonds is 1. The first-order chi connectivity index (χ1) is 5.95. The highest BCUT2D eigenvalue weighted by Gasteiger charge is 2.13. The summed E-state index contributed by atoms with van der Waals surface area (Å²) in [5.41, 5.74) is 8.62. The van der Waals surface area contributed by atoms with Gasteiger partial charge in [0.1, 0.15) is 5.75 Å². The summed E-state index contributed by atoms with van der Waals surface area (Å²) in [5.74, 6) is 0.285. The van der Waals surface area contributed by atoms with Crippen molar-refractivity contribution in [1.29, 1.82) is 0 Å². The van der Waals surface area contributed by atoms with Gasteiger partial charge in [-0.3, -0.25) is 0 Å². The lowest BCUT2D eigenvalue weighted by atomic mass is 9.99. The van der Waals surface area contributed by atoms with Crippen molar-refractivity contribution in [3.05, 3.63) is 27.2 Å². The first kappa shape index (κ1) is 10.5. The predicted molar refractivity (Wildman–Crippen MR) is 57.9 cm³/mol. The molecule has 2 nitrogen and oxygen atoms in total. The smallest absolute Gasteiger partial charge is 0.120 e. The number of phenolic OH excluding ortho intramolecular Hbond substituents is 1. The summed E-state index contributed by atoms with van der Waals surface area (Å²) in [6.07, 6.45) is 0. The van der Waals surface area contributed by atoms with Crippen LogP contribution in [0.3, 0.4) is 0 Å². The van der Waals surface area contributed by atoms with Crippen molar-refractivity contribution in [1.82, 2.24) is 0 Å². The summed E-state index contributed by atoms with van der Waals surface area (Å²) < 4.78 is 1.03. The van der Waals surface area contributed by atoms with Crippen molar-refractivity contribution in [3.8, 4) is 5.75 Å². The number of nitrogens with two attached hydrogens (primary N) is 1. The molecule has 0 aliphatic rings. The Balaban J connectivity index is 3.44. The van der Waals surface area contributed by atoms with Crippen LogP contribution >= 0.6 is 15.9 Å². The average Bonchev–Trinajstić information content (AvgIpc) is 1.99. The van der Waals surface area contributed by atoms with Crippen LogP contribution in [0.15, 0.2) is 10.5 Å². The lowest BCUT2D eigenvalue weighted by molar-refractivity contribution is 0.462. The summed E-state index contributed by atoms with van der Waals surface area (Å²) in [7, 11) is 0. The zero-order valence-corrected chi connectivity index (χ0v) is 9.64. The maximum atomic E-state index is 9.67. The van der Waals surface area contributed by atoms with E-state index >= 15 is 0 Å². The first-order valence-electron chi connectivity index (χ1n) is 4.19. The van der Waals surface area contributed by atoms with Crippen molar-refractivity contribution in [2.24, 2.45) is 5.73 Å². The molecule has 0 spiro atoms. The summed E-state index contributed by atoms with van der Waals surface area (Å²) in [6.45, 7) is 5.76. The maximum Gasteiger partial charge on any atom is 0.120 e. The van der Waals surface area contributed by atoms with Gasteiger partial charge in [-0.1, -0.05) is 15.9 Å². The minimum Gasteiger partial charge on any atom is -0.508 e. The van der Waals surface area contributed by atoms with Gasteiger partial charge in [0, 0.05) is 16.1 Å². The molecule has 3 N–H and O–H groups in total. The van der Waals surface area contributed by atoms with Crippen molar-refractivity contribution < 1.29 is 5.11 Å². The van der Waals surface area contributed by atoms with Gasteiger partial charge in [-0.25, -0.2) is 0 Å². The second kappa shape index (κ2) is 3.68. The van der Waals surface area contributed by atoms with E-state index in [4.69, 9.17) is 5.73 Å². The number of phenols is 1. The molecule has 13 heavy (non-hydrogen) atoms. The van der Waals surface area contributed by atoms with Gasteiger partial charge in [0.15, 0.2) is 0 Å². The molecular formula is C10H14BrNO. The highest BCUT2D eigenvalue weighted by molar-refractivity contribution is 9.10. The third-order valence-corrected chi connectivity index (χ3v) is 3.38. The quantitative estimate of drug-likeness (QED) is 0.797. The van der Waals surface area contributed by atoms with Crippen LogP contribution in [0.25, 0.3) is 0 Å². The number of hydrogen-bond donors (Lipinski definition) is 2. The van der Waals surface area contributed by atoms with Crippen molar-refractivity contribution in [2.75, 3.05) is 0 Å². The second-order valence-electron chi connectivity index (χ2n) is 3.35. The highest BCUT2D eigenvalue weighted by atomic mass is 79.9. The van der Waals surface area contributed by atoms with Gasteiger partial charge in [-0.05, 0) is 38.0 Å². The van der Waals surface area contributed by atoms with E-state index in [2.05, 4.69) is 15.9 Å². The summed E-state index contributed by atoms with van der Waals surface area (Å²) in [6, 6.07) is 1.59. The van der Waals surface area contributed by atoms with Gasteiger partial charge in [-0.2, -0.15) is 0 Å². The molecule has 0 aliphatic heterocycles. The molecule has 0 amide bonds. The van der Waals surface area contributed by atoms with E-state index in [0.29, 0.717) is 0 Å². The fourth-order valence-electron chi connectivity index (χ4n) is 1.53. The Labute approximate surface area is 86.9 Å². The Hall–Kier alpha value is -0.540. The van der Waals surface area contributed by atoms with E-state index in [1.54, 1.807) is 6.07 Å². The van der Waals surface area contributed by atoms with Crippen LogP contribution in [0.2, 0.25) is 0 Å². The average molecular weight is 244 g/mol. The first-order valence-corrected chi connectivity index (χ1v) is 4.98. The van der Waals surface area contributed by atoms with Crippen LogP contribution in [0.5, 0.6) is 5.75 Å². The number of aromatic hydroxyl groups is 1. The van der Waals surface area contributed by atoms with Gasteiger partial charge in [-0.15, -0.1) is 0 Å². The van der Waals surface area contributed by atoms with E-state index in [9.17, 15) is 5.11 Å². The van der Waals surface area contributed by atoms with Crippen LogP contribution < -0.4 is 5.73 Å². The number of hydrogen-bond acceptors (Lipinski definition) is 2. The highest BCUT2D eigenvalue weighted by Crippen LogP contribution is 2.33. The molecule has 72 valence electrons. The van der Waals surface area contributed by atoms with Crippen LogP contribution in [0.4, 0.5) is 0 Å². The lowest BCUT2D eigenvalue weighted by Gasteiger charge is -2.15.